The van der Waals surface area contributed by atoms with E-state index in [2.05, 4.69) is 39.3 Å². The molecule has 2 aromatic rings. The molecule has 0 bridgehead atoms. The number of nitrogens with zero attached hydrogens (tertiary/aromatic N) is 4. The molecule has 0 aromatic carbocycles. The molecule has 0 unspecified atom stereocenters. The number of anilines is 1. The van der Waals surface area contributed by atoms with Gasteiger partial charge < -0.3 is 24.3 Å². The fraction of sp³-hybridized carbons (Fsp3) is 0.600. The number of piperidine rings is 1. The smallest absolute Gasteiger partial charge is 0.193 e. The number of pyridine rings is 1. The second-order valence-electron chi connectivity index (χ2n) is 8.36. The average molecular weight is 570 g/mol. The Hall–Kier alpha value is -1.81. The molecule has 0 atom stereocenters. The highest BCUT2D eigenvalue weighted by Gasteiger charge is 2.20. The number of aromatic nitrogens is 1. The Morgan fingerprint density at radius 3 is 2.76 bits per heavy atom. The molecule has 184 valence electrons. The van der Waals surface area contributed by atoms with Crippen molar-refractivity contribution in [3.05, 3.63) is 48.7 Å². The number of guanidine groups is 1. The maximum Gasteiger partial charge on any atom is 0.193 e. The van der Waals surface area contributed by atoms with Gasteiger partial charge in [-0.25, -0.2) is 0 Å². The molecule has 1 saturated heterocycles. The van der Waals surface area contributed by atoms with Crippen LogP contribution in [0.3, 0.4) is 0 Å². The van der Waals surface area contributed by atoms with Gasteiger partial charge in [0.1, 0.15) is 5.76 Å². The molecule has 0 saturated carbocycles. The van der Waals surface area contributed by atoms with Crippen LogP contribution in [-0.2, 0) is 11.2 Å². The molecule has 2 aromatic heterocycles. The number of hydrogen-bond donors (Lipinski definition) is 1. The fourth-order valence-electron chi connectivity index (χ4n) is 4.08. The van der Waals surface area contributed by atoms with Crippen LogP contribution in [-0.4, -0.2) is 68.8 Å². The zero-order valence-electron chi connectivity index (χ0n) is 20.1. The Kier molecular flexibility index (Phi) is 13.2. The molecule has 0 amide bonds. The average Bonchev–Trinajstić information content (AvgIpc) is 3.36. The third-order valence-electron chi connectivity index (χ3n) is 6.02. The van der Waals surface area contributed by atoms with Crippen molar-refractivity contribution in [3.63, 3.8) is 0 Å². The zero-order valence-corrected chi connectivity index (χ0v) is 22.4. The first-order valence-corrected chi connectivity index (χ1v) is 12.0. The molecular formula is C25H40IN5O2. The molecule has 1 aliphatic heterocycles. The molecule has 7 nitrogen and oxygen atoms in total. The van der Waals surface area contributed by atoms with Crippen molar-refractivity contribution in [2.45, 2.75) is 39.0 Å². The van der Waals surface area contributed by atoms with Crippen LogP contribution >= 0.6 is 24.0 Å². The summed E-state index contributed by atoms with van der Waals surface area (Å²) in [6.07, 6.45) is 11.0. The molecule has 1 aliphatic rings. The monoisotopic (exact) mass is 569 g/mol. The molecule has 0 aliphatic carbocycles. The summed E-state index contributed by atoms with van der Waals surface area (Å²) in [6.45, 7) is 8.40. The Morgan fingerprint density at radius 2 is 2.06 bits per heavy atom. The van der Waals surface area contributed by atoms with Crippen molar-refractivity contribution in [3.8, 4) is 0 Å². The lowest BCUT2D eigenvalue weighted by Crippen LogP contribution is -2.41. The summed E-state index contributed by atoms with van der Waals surface area (Å²) in [5.41, 5.74) is 1.29. The van der Waals surface area contributed by atoms with E-state index in [1.165, 1.54) is 24.9 Å². The molecular weight excluding hydrogens is 529 g/mol. The van der Waals surface area contributed by atoms with E-state index in [0.717, 1.165) is 76.4 Å². The van der Waals surface area contributed by atoms with E-state index in [0.29, 0.717) is 0 Å². The molecule has 3 heterocycles. The summed E-state index contributed by atoms with van der Waals surface area (Å²) >= 11 is 0. The lowest BCUT2D eigenvalue weighted by molar-refractivity contribution is 0.146. The van der Waals surface area contributed by atoms with Gasteiger partial charge >= 0.3 is 0 Å². The van der Waals surface area contributed by atoms with Crippen LogP contribution in [0.2, 0.25) is 0 Å². The van der Waals surface area contributed by atoms with Gasteiger partial charge in [0.15, 0.2) is 5.96 Å². The van der Waals surface area contributed by atoms with Gasteiger partial charge in [-0.3, -0.25) is 9.98 Å². The number of aliphatic imine (C=N–C) groups is 1. The lowest BCUT2D eigenvalue weighted by atomic mass is 9.93. The summed E-state index contributed by atoms with van der Waals surface area (Å²) in [5, 5.41) is 3.53. The molecule has 33 heavy (non-hydrogen) atoms. The van der Waals surface area contributed by atoms with Gasteiger partial charge in [0.05, 0.1) is 6.26 Å². The van der Waals surface area contributed by atoms with Gasteiger partial charge in [-0.05, 0) is 62.8 Å². The van der Waals surface area contributed by atoms with E-state index in [4.69, 9.17) is 14.1 Å². The fourth-order valence-corrected chi connectivity index (χ4v) is 4.08. The van der Waals surface area contributed by atoms with E-state index in [-0.39, 0.29) is 24.0 Å². The van der Waals surface area contributed by atoms with Gasteiger partial charge in [-0.15, -0.1) is 24.0 Å². The summed E-state index contributed by atoms with van der Waals surface area (Å²) in [6, 6.07) is 8.17. The van der Waals surface area contributed by atoms with E-state index >= 15 is 0 Å². The molecule has 3 rings (SSSR count). The quantitative estimate of drug-likeness (QED) is 0.177. The van der Waals surface area contributed by atoms with Gasteiger partial charge in [0, 0.05) is 77.5 Å². The van der Waals surface area contributed by atoms with Crippen molar-refractivity contribution in [1.82, 2.24) is 15.2 Å². The van der Waals surface area contributed by atoms with Gasteiger partial charge in [0.25, 0.3) is 0 Å². The summed E-state index contributed by atoms with van der Waals surface area (Å²) in [4.78, 5) is 13.7. The van der Waals surface area contributed by atoms with Crippen molar-refractivity contribution in [2.24, 2.45) is 10.9 Å². The summed E-state index contributed by atoms with van der Waals surface area (Å²) in [7, 11) is 2.15. The largest absolute Gasteiger partial charge is 0.469 e. The van der Waals surface area contributed by atoms with Crippen LogP contribution < -0.4 is 10.2 Å². The third-order valence-corrected chi connectivity index (χ3v) is 6.02. The summed E-state index contributed by atoms with van der Waals surface area (Å²) < 4.78 is 10.9. The second-order valence-corrected chi connectivity index (χ2v) is 8.36. The molecule has 1 N–H and O–H groups in total. The molecule has 1 fully saturated rings. The molecule has 0 spiro atoms. The highest BCUT2D eigenvalue weighted by Crippen LogP contribution is 2.24. The van der Waals surface area contributed by atoms with Crippen molar-refractivity contribution >= 4 is 35.6 Å². The minimum Gasteiger partial charge on any atom is -0.469 e. The SMILES string of the molecule is CCOCCCN=C(NCCc1ccco1)N(C)CCC1CCN(c2ccncc2)CC1.I. The standard InChI is InChI=1S/C25H39N5O2.HI/c1-3-31-20-5-13-27-25(28-16-9-24-6-4-21-32-24)29(2)17-10-22-11-18-30(19-12-22)23-7-14-26-15-8-23;/h4,6-8,14-15,21-22H,3,5,9-13,16-20H2,1-2H3,(H,27,28);1H. The van der Waals surface area contributed by atoms with Crippen LogP contribution in [0.15, 0.2) is 52.3 Å². The topological polar surface area (TPSA) is 66.1 Å². The second kappa shape index (κ2) is 15.9. The number of nitrogens with one attached hydrogen (secondary N) is 1. The molecule has 8 heteroatoms. The van der Waals surface area contributed by atoms with Gasteiger partial charge in [-0.1, -0.05) is 0 Å². The normalized spacial score (nSPS) is 14.7. The van der Waals surface area contributed by atoms with Crippen LogP contribution in [0.1, 0.15) is 38.4 Å². The highest BCUT2D eigenvalue weighted by atomic mass is 127. The molecule has 0 radical (unpaired) electrons. The van der Waals surface area contributed by atoms with Crippen LogP contribution in [0.4, 0.5) is 5.69 Å². The number of ether oxygens (including phenoxy) is 1. The predicted molar refractivity (Wildman–Crippen MR) is 146 cm³/mol. The Bertz CT molecular complexity index is 764. The van der Waals surface area contributed by atoms with Crippen LogP contribution in [0, 0.1) is 5.92 Å². The number of halogens is 1. The highest BCUT2D eigenvalue weighted by molar-refractivity contribution is 14.0. The maximum absolute atomic E-state index is 5.45. The Balaban J connectivity index is 0.00000385. The van der Waals surface area contributed by atoms with E-state index in [1.54, 1.807) is 6.26 Å². The third kappa shape index (κ3) is 9.92. The minimum atomic E-state index is 0. The first kappa shape index (κ1) is 27.4. The maximum atomic E-state index is 5.45. The first-order chi connectivity index (χ1) is 15.8. The van der Waals surface area contributed by atoms with Gasteiger partial charge in [-0.2, -0.15) is 0 Å². The van der Waals surface area contributed by atoms with Crippen LogP contribution in [0.5, 0.6) is 0 Å². The van der Waals surface area contributed by atoms with E-state index < -0.39 is 0 Å². The number of hydrogen-bond acceptors (Lipinski definition) is 5. The minimum absolute atomic E-state index is 0. The summed E-state index contributed by atoms with van der Waals surface area (Å²) in [5.74, 6) is 2.73. The van der Waals surface area contributed by atoms with E-state index in [9.17, 15) is 0 Å². The van der Waals surface area contributed by atoms with Crippen LogP contribution in [0.25, 0.3) is 0 Å². The van der Waals surface area contributed by atoms with E-state index in [1.807, 2.05) is 31.5 Å². The lowest BCUT2D eigenvalue weighted by Gasteiger charge is -2.34. The van der Waals surface area contributed by atoms with Crippen molar-refractivity contribution in [1.29, 1.82) is 0 Å². The predicted octanol–water partition coefficient (Wildman–Crippen LogP) is 4.45. The van der Waals surface area contributed by atoms with Gasteiger partial charge in [0.2, 0.25) is 0 Å². The zero-order chi connectivity index (χ0) is 22.4. The Morgan fingerprint density at radius 1 is 1.27 bits per heavy atom. The number of furan rings is 1. The number of rotatable bonds is 12. The first-order valence-electron chi connectivity index (χ1n) is 12.0. The Labute approximate surface area is 216 Å². The van der Waals surface area contributed by atoms with Crippen molar-refractivity contribution in [2.75, 3.05) is 57.9 Å². The van der Waals surface area contributed by atoms with Crippen molar-refractivity contribution < 1.29 is 9.15 Å².